The highest BCUT2D eigenvalue weighted by molar-refractivity contribution is 6.03. The lowest BCUT2D eigenvalue weighted by molar-refractivity contribution is -0.384. The number of hydrogen-bond donors (Lipinski definition) is 2. The van der Waals surface area contributed by atoms with Gasteiger partial charge in [-0.3, -0.25) is 24.5 Å². The van der Waals surface area contributed by atoms with Gasteiger partial charge < -0.3 is 10.6 Å². The number of amides is 2. The van der Waals surface area contributed by atoms with Crippen molar-refractivity contribution in [1.29, 1.82) is 0 Å². The summed E-state index contributed by atoms with van der Waals surface area (Å²) in [5.74, 6) is -1.03. The Morgan fingerprint density at radius 3 is 2.56 bits per heavy atom. The van der Waals surface area contributed by atoms with Crippen molar-refractivity contribution < 1.29 is 14.5 Å². The molecule has 0 bridgehead atoms. The van der Waals surface area contributed by atoms with Gasteiger partial charge in [0.1, 0.15) is 5.69 Å². The van der Waals surface area contributed by atoms with Gasteiger partial charge in [0.05, 0.1) is 4.92 Å². The molecule has 0 atom stereocenters. The third-order valence-electron chi connectivity index (χ3n) is 4.92. The van der Waals surface area contributed by atoms with Crippen molar-refractivity contribution in [2.24, 2.45) is 0 Å². The van der Waals surface area contributed by atoms with Crippen LogP contribution in [0.4, 0.5) is 11.4 Å². The van der Waals surface area contributed by atoms with Crippen LogP contribution < -0.4 is 16.1 Å². The van der Waals surface area contributed by atoms with Crippen LogP contribution in [0.1, 0.15) is 39.4 Å². The zero-order valence-corrected chi connectivity index (χ0v) is 17.1. The van der Waals surface area contributed by atoms with Crippen molar-refractivity contribution in [1.82, 2.24) is 15.1 Å². The molecular weight excluding hydrogens is 414 g/mol. The highest BCUT2D eigenvalue weighted by Gasteiger charge is 2.24. The monoisotopic (exact) mass is 433 g/mol. The SMILES string of the molecule is Cc1cc(=O)c(C(=O)Nc2cccc(C(=O)NC3CC3)c2)nn1-c1ccccc1[N+](=O)[O-]. The van der Waals surface area contributed by atoms with E-state index in [0.717, 1.165) is 12.8 Å². The Morgan fingerprint density at radius 1 is 1.09 bits per heavy atom. The van der Waals surface area contributed by atoms with Crippen molar-refractivity contribution in [3.8, 4) is 5.69 Å². The fourth-order valence-electron chi connectivity index (χ4n) is 3.17. The normalized spacial score (nSPS) is 12.8. The van der Waals surface area contributed by atoms with Gasteiger partial charge in [0.25, 0.3) is 17.5 Å². The first kappa shape index (κ1) is 20.9. The zero-order valence-electron chi connectivity index (χ0n) is 17.1. The van der Waals surface area contributed by atoms with Gasteiger partial charge in [-0.05, 0) is 44.0 Å². The molecule has 10 heteroatoms. The van der Waals surface area contributed by atoms with E-state index in [9.17, 15) is 24.5 Å². The number of nitrogens with zero attached hydrogens (tertiary/aromatic N) is 3. The number of rotatable bonds is 6. The van der Waals surface area contributed by atoms with Crippen LogP contribution in [0.2, 0.25) is 0 Å². The quantitative estimate of drug-likeness (QED) is 0.453. The number of anilines is 1. The van der Waals surface area contributed by atoms with E-state index in [1.54, 1.807) is 31.2 Å². The van der Waals surface area contributed by atoms with Crippen LogP contribution in [-0.2, 0) is 0 Å². The lowest BCUT2D eigenvalue weighted by Crippen LogP contribution is -2.27. The second-order valence-electron chi connectivity index (χ2n) is 7.44. The van der Waals surface area contributed by atoms with Gasteiger partial charge in [0.15, 0.2) is 5.69 Å². The lowest BCUT2D eigenvalue weighted by atomic mass is 10.2. The molecule has 2 N–H and O–H groups in total. The first-order valence-corrected chi connectivity index (χ1v) is 9.90. The van der Waals surface area contributed by atoms with Crippen LogP contribution in [0.3, 0.4) is 0 Å². The summed E-state index contributed by atoms with van der Waals surface area (Å²) in [5.41, 5.74) is -0.115. The molecule has 4 rings (SSSR count). The topological polar surface area (TPSA) is 136 Å². The molecule has 0 aliphatic heterocycles. The highest BCUT2D eigenvalue weighted by Crippen LogP contribution is 2.23. The summed E-state index contributed by atoms with van der Waals surface area (Å²) in [4.78, 5) is 48.3. The summed E-state index contributed by atoms with van der Waals surface area (Å²) in [6, 6.07) is 13.6. The van der Waals surface area contributed by atoms with Gasteiger partial charge in [-0.2, -0.15) is 5.10 Å². The van der Waals surface area contributed by atoms with Gasteiger partial charge in [-0.1, -0.05) is 18.2 Å². The maximum Gasteiger partial charge on any atom is 0.294 e. The molecule has 32 heavy (non-hydrogen) atoms. The maximum atomic E-state index is 12.8. The molecule has 1 fully saturated rings. The molecule has 1 heterocycles. The summed E-state index contributed by atoms with van der Waals surface area (Å²) in [6.45, 7) is 1.56. The first-order chi connectivity index (χ1) is 15.3. The van der Waals surface area contributed by atoms with Crippen LogP contribution in [0.25, 0.3) is 5.69 Å². The molecule has 0 unspecified atom stereocenters. The average molecular weight is 433 g/mol. The molecular formula is C22H19N5O5. The second kappa shape index (κ2) is 8.42. The molecule has 1 aromatic heterocycles. The number of para-hydroxylation sites is 2. The van der Waals surface area contributed by atoms with Gasteiger partial charge >= 0.3 is 0 Å². The van der Waals surface area contributed by atoms with Crippen molar-refractivity contribution >= 4 is 23.2 Å². The molecule has 2 amide bonds. The van der Waals surface area contributed by atoms with Crippen molar-refractivity contribution in [2.75, 3.05) is 5.32 Å². The van der Waals surface area contributed by atoms with E-state index in [2.05, 4.69) is 15.7 Å². The summed E-state index contributed by atoms with van der Waals surface area (Å²) in [6.07, 6.45) is 1.90. The van der Waals surface area contributed by atoms with E-state index in [-0.39, 0.29) is 23.3 Å². The predicted octanol–water partition coefficient (Wildman–Crippen LogP) is 2.59. The number of carbonyl (C=O) groups excluding carboxylic acids is 2. The Labute approximate surface area is 182 Å². The van der Waals surface area contributed by atoms with Crippen molar-refractivity contribution in [2.45, 2.75) is 25.8 Å². The van der Waals surface area contributed by atoms with Gasteiger partial charge in [-0.25, -0.2) is 4.68 Å². The Bertz CT molecular complexity index is 1300. The predicted molar refractivity (Wildman–Crippen MR) is 116 cm³/mol. The lowest BCUT2D eigenvalue weighted by Gasteiger charge is -2.12. The van der Waals surface area contributed by atoms with Crippen LogP contribution >= 0.6 is 0 Å². The minimum absolute atomic E-state index is 0.128. The summed E-state index contributed by atoms with van der Waals surface area (Å²) >= 11 is 0. The number of aromatic nitrogens is 2. The number of aryl methyl sites for hydroxylation is 1. The third-order valence-corrected chi connectivity index (χ3v) is 4.92. The van der Waals surface area contributed by atoms with Crippen LogP contribution in [0, 0.1) is 17.0 Å². The van der Waals surface area contributed by atoms with Crippen LogP contribution in [0.15, 0.2) is 59.4 Å². The third kappa shape index (κ3) is 4.38. The Morgan fingerprint density at radius 2 is 1.84 bits per heavy atom. The maximum absolute atomic E-state index is 12.8. The van der Waals surface area contributed by atoms with E-state index in [0.29, 0.717) is 16.9 Å². The standard InChI is InChI=1S/C22H19N5O5/c1-13-11-19(28)20(25-26(13)17-7-2-3-8-18(17)27(31)32)22(30)24-16-6-4-5-14(12-16)21(29)23-15-9-10-15/h2-8,11-12,15H,9-10H2,1H3,(H,23,29)(H,24,30). The molecule has 2 aromatic carbocycles. The number of nitro groups is 1. The molecule has 0 radical (unpaired) electrons. The molecule has 0 saturated heterocycles. The molecule has 10 nitrogen and oxygen atoms in total. The summed E-state index contributed by atoms with van der Waals surface area (Å²) < 4.78 is 1.19. The number of nitro benzene ring substituents is 1. The zero-order chi connectivity index (χ0) is 22.8. The molecule has 1 saturated carbocycles. The highest BCUT2D eigenvalue weighted by atomic mass is 16.6. The Hall–Kier alpha value is -4.34. The summed E-state index contributed by atoms with van der Waals surface area (Å²) in [5, 5.41) is 20.9. The van der Waals surface area contributed by atoms with Crippen LogP contribution in [-0.4, -0.2) is 32.6 Å². The van der Waals surface area contributed by atoms with Gasteiger partial charge in [-0.15, -0.1) is 0 Å². The van der Waals surface area contributed by atoms with E-state index in [1.165, 1.54) is 35.0 Å². The number of nitrogens with one attached hydrogen (secondary N) is 2. The smallest absolute Gasteiger partial charge is 0.294 e. The minimum Gasteiger partial charge on any atom is -0.349 e. The number of benzene rings is 2. The van der Waals surface area contributed by atoms with Gasteiger partial charge in [0.2, 0.25) is 5.43 Å². The molecule has 3 aromatic rings. The van der Waals surface area contributed by atoms with Crippen LogP contribution in [0.5, 0.6) is 0 Å². The van der Waals surface area contributed by atoms with E-state index in [4.69, 9.17) is 0 Å². The summed E-state index contributed by atoms with van der Waals surface area (Å²) in [7, 11) is 0. The first-order valence-electron chi connectivity index (χ1n) is 9.90. The van der Waals surface area contributed by atoms with Gasteiger partial charge in [0, 0.05) is 35.1 Å². The van der Waals surface area contributed by atoms with E-state index < -0.39 is 22.0 Å². The minimum atomic E-state index is -0.790. The van der Waals surface area contributed by atoms with Crippen molar-refractivity contribution in [3.05, 3.63) is 91.9 Å². The van der Waals surface area contributed by atoms with Crippen molar-refractivity contribution in [3.63, 3.8) is 0 Å². The number of carbonyl (C=O) groups is 2. The van der Waals surface area contributed by atoms with E-state index >= 15 is 0 Å². The largest absolute Gasteiger partial charge is 0.349 e. The average Bonchev–Trinajstić information content (AvgIpc) is 3.58. The van der Waals surface area contributed by atoms with E-state index in [1.807, 2.05) is 0 Å². The molecule has 1 aliphatic rings. The fraction of sp³-hybridized carbons (Fsp3) is 0.182. The molecule has 162 valence electrons. The second-order valence-corrected chi connectivity index (χ2v) is 7.44. The fourth-order valence-corrected chi connectivity index (χ4v) is 3.17. The number of hydrogen-bond acceptors (Lipinski definition) is 6. The molecule has 0 spiro atoms. The Balaban J connectivity index is 1.64. The molecule has 1 aliphatic carbocycles. The Kier molecular flexibility index (Phi) is 5.50.